The van der Waals surface area contributed by atoms with Crippen molar-refractivity contribution in [1.29, 1.82) is 0 Å². The molecule has 1 aromatic heterocycles. The molecule has 2 heterocycles. The number of aromatic nitrogens is 2. The number of allylic oxidation sites excluding steroid dienone is 1. The Hall–Kier alpha value is -0.787. The van der Waals surface area contributed by atoms with Crippen molar-refractivity contribution in [1.82, 2.24) is 19.4 Å². The van der Waals surface area contributed by atoms with Gasteiger partial charge in [-0.25, -0.2) is 4.98 Å². The van der Waals surface area contributed by atoms with Gasteiger partial charge >= 0.3 is 19.5 Å². The summed E-state index contributed by atoms with van der Waals surface area (Å²) < 4.78 is 1.89. The Morgan fingerprint density at radius 1 is 1.37 bits per heavy atom. The molecule has 2 N–H and O–H groups in total. The second-order valence-corrected chi connectivity index (χ2v) is 7.21. The average Bonchev–Trinajstić information content (AvgIpc) is 3.08. The monoisotopic (exact) mass is 516 g/mol. The summed E-state index contributed by atoms with van der Waals surface area (Å²) in [4.78, 5) is 8.57. The van der Waals surface area contributed by atoms with Crippen LogP contribution in [0.5, 0.6) is 0 Å². The van der Waals surface area contributed by atoms with E-state index in [1.165, 1.54) is 38.9 Å². The van der Waals surface area contributed by atoms with E-state index in [0.717, 1.165) is 19.1 Å². The van der Waals surface area contributed by atoms with Crippen LogP contribution < -0.4 is 0 Å². The number of aliphatic hydroxyl groups is 2. The molecule has 0 spiro atoms. The fourth-order valence-corrected chi connectivity index (χ4v) is 2.20. The average molecular weight is 516 g/mol. The van der Waals surface area contributed by atoms with Crippen molar-refractivity contribution in [2.45, 2.75) is 60.1 Å². The molecular formula is C22H48N5O2Ru+2. The number of aryl methyl sites for hydroxylation is 1. The van der Waals surface area contributed by atoms with Crippen LogP contribution in [0.1, 0.15) is 48.0 Å². The smallest absolute Gasteiger partial charge is 0.664 e. The van der Waals surface area contributed by atoms with E-state index in [1.807, 2.05) is 24.9 Å². The van der Waals surface area contributed by atoms with Gasteiger partial charge in [-0.05, 0) is 53.5 Å². The van der Waals surface area contributed by atoms with Gasteiger partial charge in [-0.1, -0.05) is 27.7 Å². The summed E-state index contributed by atoms with van der Waals surface area (Å²) in [5.41, 5.74) is 0. The van der Waals surface area contributed by atoms with Crippen LogP contribution in [-0.4, -0.2) is 89.0 Å². The summed E-state index contributed by atoms with van der Waals surface area (Å²) in [6, 6.07) is 0.798. The molecule has 0 aliphatic carbocycles. The molecule has 2 atom stereocenters. The fraction of sp³-hybridized carbons (Fsp3) is 0.773. The van der Waals surface area contributed by atoms with E-state index < -0.39 is 6.10 Å². The molecule has 1 radical (unpaired) electrons. The van der Waals surface area contributed by atoms with Crippen molar-refractivity contribution in [3.05, 3.63) is 35.9 Å². The third-order valence-electron chi connectivity index (χ3n) is 3.79. The number of hydrogen-bond donors (Lipinski definition) is 2. The van der Waals surface area contributed by atoms with E-state index >= 15 is 0 Å². The Labute approximate surface area is 199 Å². The Morgan fingerprint density at radius 2 is 1.93 bits per heavy atom. The molecule has 179 valence electrons. The first-order valence-corrected chi connectivity index (χ1v) is 10.1. The number of nitrogens with zero attached hydrogens (tertiary/aromatic N) is 5. The maximum Gasteiger partial charge on any atom is 3.00 e. The first-order chi connectivity index (χ1) is 13.2. The molecule has 1 aliphatic heterocycles. The minimum atomic E-state index is -0.537. The number of hydrogen-bond acceptors (Lipinski definition) is 5. The van der Waals surface area contributed by atoms with Crippen molar-refractivity contribution in [3.8, 4) is 0 Å². The van der Waals surface area contributed by atoms with Crippen LogP contribution in [0.3, 0.4) is 0 Å². The van der Waals surface area contributed by atoms with Crippen LogP contribution in [0.4, 0.5) is 0 Å². The van der Waals surface area contributed by atoms with E-state index in [0.29, 0.717) is 0 Å². The van der Waals surface area contributed by atoms with Crippen molar-refractivity contribution in [2.24, 2.45) is 7.05 Å². The molecule has 0 amide bonds. The van der Waals surface area contributed by atoms with Crippen molar-refractivity contribution >= 4 is 0 Å². The maximum atomic E-state index is 8.49. The van der Waals surface area contributed by atoms with Gasteiger partial charge in [0.1, 0.15) is 0 Å². The van der Waals surface area contributed by atoms with Crippen LogP contribution in [0.2, 0.25) is 0 Å². The topological polar surface area (TPSA) is 78.9 Å². The first-order valence-electron chi connectivity index (χ1n) is 10.1. The van der Waals surface area contributed by atoms with Crippen LogP contribution in [0, 0.1) is 0 Å². The van der Waals surface area contributed by atoms with Crippen molar-refractivity contribution in [3.63, 3.8) is 0 Å². The summed E-state index contributed by atoms with van der Waals surface area (Å²) in [5.74, 6) is 0.162. The van der Waals surface area contributed by atoms with Gasteiger partial charge in [-0.2, -0.15) is 7.05 Å². The number of rotatable bonds is 6. The zero-order valence-electron chi connectivity index (χ0n) is 19.7. The van der Waals surface area contributed by atoms with Gasteiger partial charge in [-0.3, -0.25) is 0 Å². The second kappa shape index (κ2) is 24.5. The zero-order chi connectivity index (χ0) is 21.9. The van der Waals surface area contributed by atoms with Crippen LogP contribution in [-0.2, 0) is 26.5 Å². The van der Waals surface area contributed by atoms with Gasteiger partial charge in [0.2, 0.25) is 0 Å². The molecular weight excluding hydrogens is 467 g/mol. The van der Waals surface area contributed by atoms with Crippen molar-refractivity contribution in [2.75, 3.05) is 47.3 Å². The third kappa shape index (κ3) is 25.3. The third-order valence-corrected chi connectivity index (χ3v) is 3.79. The fourth-order valence-electron chi connectivity index (χ4n) is 2.20. The van der Waals surface area contributed by atoms with Gasteiger partial charge < -0.3 is 29.9 Å². The van der Waals surface area contributed by atoms with E-state index in [4.69, 9.17) is 10.2 Å². The molecule has 2 rings (SSSR count). The van der Waals surface area contributed by atoms with Gasteiger partial charge in [0.15, 0.2) is 0 Å². The zero-order valence-corrected chi connectivity index (χ0v) is 21.4. The van der Waals surface area contributed by atoms with E-state index in [1.54, 1.807) is 19.4 Å². The molecule has 1 fully saturated rings. The summed E-state index contributed by atoms with van der Waals surface area (Å²) in [6.07, 6.45) is 8.83. The minimum Gasteiger partial charge on any atom is -0.664 e. The largest absolute Gasteiger partial charge is 3.00 e. The Bertz CT molecular complexity index is 466. The molecule has 1 aromatic rings. The summed E-state index contributed by atoms with van der Waals surface area (Å²) in [6.45, 7) is 11.9. The van der Waals surface area contributed by atoms with Gasteiger partial charge in [0, 0.05) is 32.0 Å². The quantitative estimate of drug-likeness (QED) is 0.444. The first kappa shape index (κ1) is 36.6. The predicted octanol–water partition coefficient (Wildman–Crippen LogP) is 3.92. The standard InChI is InChI=1S/C9H20N3.C5H10O2.C4H6N2.C3H8.CH4.Ru/c1-10-5-7-11(2)8-9-4-6-12(9)3;1-4(6)3-5(2)7;1-6-3-2-5-4-6;1-3-2;;/h9H,4-8H2,1-3H3;3-4,6-7H,1-2H3;2-4H,1H3;3H2,1-2H3;1H4;/q-1;;;;;+3. The minimum absolute atomic E-state index is 0. The second-order valence-electron chi connectivity index (χ2n) is 7.21. The van der Waals surface area contributed by atoms with Crippen molar-refractivity contribution < 1.29 is 29.7 Å². The van der Waals surface area contributed by atoms with Gasteiger partial charge in [0.05, 0.1) is 18.2 Å². The van der Waals surface area contributed by atoms with E-state index in [-0.39, 0.29) is 32.7 Å². The van der Waals surface area contributed by atoms with Gasteiger partial charge in [0.25, 0.3) is 0 Å². The number of likely N-dealkylation sites (tertiary alicyclic amines) is 1. The Balaban J connectivity index is -0.000000163. The normalized spacial score (nSPS) is 16.1. The number of aliphatic hydroxyl groups excluding tert-OH is 2. The summed E-state index contributed by atoms with van der Waals surface area (Å²) in [7, 11) is 8.19. The molecule has 0 bridgehead atoms. The summed E-state index contributed by atoms with van der Waals surface area (Å²) in [5, 5.41) is 21.0. The molecule has 0 saturated carbocycles. The molecule has 8 heteroatoms. The molecule has 0 aromatic carbocycles. The maximum absolute atomic E-state index is 8.49. The molecule has 7 nitrogen and oxygen atoms in total. The van der Waals surface area contributed by atoms with Crippen LogP contribution in [0.25, 0.3) is 5.32 Å². The number of likely N-dealkylation sites (N-methyl/N-ethyl adjacent to an activating group) is 3. The van der Waals surface area contributed by atoms with Gasteiger partial charge in [-0.15, -0.1) is 6.54 Å². The Kier molecular flexibility index (Phi) is 29.9. The molecule has 2 unspecified atom stereocenters. The van der Waals surface area contributed by atoms with Crippen LogP contribution in [0.15, 0.2) is 30.6 Å². The van der Waals surface area contributed by atoms with Crippen LogP contribution >= 0.6 is 0 Å². The Morgan fingerprint density at radius 3 is 2.13 bits per heavy atom. The summed E-state index contributed by atoms with van der Waals surface area (Å²) >= 11 is 0. The van der Waals surface area contributed by atoms with E-state index in [2.05, 4.69) is 48.0 Å². The molecule has 1 aliphatic rings. The SMILES string of the molecule is C.CC(O)=CC(C)O.CCC.C[N-]CCN(C)CC1CCN1C.Cn1ccnc1.[Ru+3]. The number of imidazole rings is 1. The molecule has 1 saturated heterocycles. The molecule has 30 heavy (non-hydrogen) atoms. The predicted molar refractivity (Wildman–Crippen MR) is 127 cm³/mol. The van der Waals surface area contributed by atoms with E-state index in [9.17, 15) is 0 Å².